The van der Waals surface area contributed by atoms with E-state index in [0.29, 0.717) is 38.5 Å². The van der Waals surface area contributed by atoms with Gasteiger partial charge in [0.25, 0.3) is 0 Å². The normalized spacial score (nSPS) is 46.9. The van der Waals surface area contributed by atoms with Crippen LogP contribution in [0.3, 0.4) is 0 Å². The fraction of sp³-hybridized carbons (Fsp3) is 0.920. The summed E-state index contributed by atoms with van der Waals surface area (Å²) in [6.07, 6.45) is -16.9. The third-order valence-electron chi connectivity index (χ3n) is 18.9. The average Bonchev–Trinajstić information content (AvgIpc) is 3.62. The Bertz CT molecular complexity index is 1860. The Morgan fingerprint density at radius 1 is 0.725 bits per heavy atom. The molecule has 22 atom stereocenters. The zero-order valence-electron chi connectivity index (χ0n) is 41.8. The van der Waals surface area contributed by atoms with E-state index in [9.17, 15) is 60.7 Å². The molecule has 3 saturated heterocycles. The van der Waals surface area contributed by atoms with E-state index >= 15 is 0 Å². The van der Waals surface area contributed by atoms with Crippen LogP contribution in [0, 0.1) is 45.3 Å². The van der Waals surface area contributed by atoms with Gasteiger partial charge in [-0.05, 0) is 111 Å². The number of fused-ring (bicyclic) bond motifs is 4. The molecule has 19 nitrogen and oxygen atoms in total. The van der Waals surface area contributed by atoms with E-state index in [0.717, 1.165) is 31.3 Å². The van der Waals surface area contributed by atoms with Crippen LogP contribution in [0.4, 0.5) is 0 Å². The van der Waals surface area contributed by atoms with Gasteiger partial charge < -0.3 is 84.2 Å². The summed E-state index contributed by atoms with van der Waals surface area (Å²) in [6, 6.07) is 0. The summed E-state index contributed by atoms with van der Waals surface area (Å²) in [7, 11) is 0. The molecule has 3 aliphatic heterocycles. The average molecular weight is 987 g/mol. The minimum absolute atomic E-state index is 0.0119. The lowest BCUT2D eigenvalue weighted by molar-refractivity contribution is -0.395. The first kappa shape index (κ1) is 54.8. The Labute approximate surface area is 405 Å². The van der Waals surface area contributed by atoms with Gasteiger partial charge in [0.1, 0.15) is 72.7 Å². The first-order valence-corrected chi connectivity index (χ1v) is 25.3. The first-order chi connectivity index (χ1) is 32.2. The minimum Gasteiger partial charge on any atom is -0.481 e. The largest absolute Gasteiger partial charge is 0.481 e. The molecule has 396 valence electrons. The highest BCUT2D eigenvalue weighted by molar-refractivity contribution is 5.82. The number of carbonyl (C=O) groups is 2. The molecule has 7 rings (SSSR count). The van der Waals surface area contributed by atoms with Gasteiger partial charge in [0.2, 0.25) is 0 Å². The Hall–Kier alpha value is -1.92. The summed E-state index contributed by atoms with van der Waals surface area (Å²) >= 11 is 0. The van der Waals surface area contributed by atoms with Gasteiger partial charge in [-0.1, -0.05) is 59.6 Å². The van der Waals surface area contributed by atoms with Crippen molar-refractivity contribution in [3.05, 3.63) is 11.1 Å². The number of rotatable bonds is 15. The maximum atomic E-state index is 14.0. The fourth-order valence-electron chi connectivity index (χ4n) is 14.5. The van der Waals surface area contributed by atoms with Crippen molar-refractivity contribution in [2.75, 3.05) is 19.8 Å². The van der Waals surface area contributed by atoms with Gasteiger partial charge in [-0.3, -0.25) is 9.59 Å². The van der Waals surface area contributed by atoms with Crippen LogP contribution in [0.25, 0.3) is 0 Å². The second-order valence-electron chi connectivity index (χ2n) is 23.2. The molecule has 2 saturated carbocycles. The number of aliphatic carboxylic acids is 1. The maximum absolute atomic E-state index is 14.0. The zero-order chi connectivity index (χ0) is 50.9. The molecule has 5 fully saturated rings. The van der Waals surface area contributed by atoms with E-state index in [1.807, 2.05) is 6.92 Å². The highest BCUT2D eigenvalue weighted by atomic mass is 16.8. The molecule has 4 aliphatic carbocycles. The molecule has 0 spiro atoms. The van der Waals surface area contributed by atoms with Crippen molar-refractivity contribution < 1.29 is 93.8 Å². The zero-order valence-corrected chi connectivity index (χ0v) is 41.8. The molecule has 22 unspecified atom stereocenters. The summed E-state index contributed by atoms with van der Waals surface area (Å²) in [4.78, 5) is 26.1. The number of aliphatic hydroxyl groups is 9. The highest BCUT2D eigenvalue weighted by Gasteiger charge is 2.69. The van der Waals surface area contributed by atoms with Crippen LogP contribution in [-0.2, 0) is 42.7 Å². The number of esters is 1. The second kappa shape index (κ2) is 20.4. The van der Waals surface area contributed by atoms with E-state index < -0.39 is 145 Å². The van der Waals surface area contributed by atoms with Crippen molar-refractivity contribution in [3.8, 4) is 0 Å². The van der Waals surface area contributed by atoms with Gasteiger partial charge >= 0.3 is 11.9 Å². The number of carboxylic acids is 1. The standard InChI is InChI=1S/C50H82O19/c1-23(2)49(9,69-25(4)53)18-12-24(3)26-14-19-50(45(61)62)28-10-11-32-46(5,6)33(15-16-47(32,7)27(28)13-17-48(26,50)8)66-44-41(68-43-39(60)37(58)35(56)30(20-51)64-43)40(36(57)31(21-52)65-44)67-42-38(59)34(55)29(54)22-63-42/h23-24,26,29-44,51-52,54-60H,10-22H2,1-9H3,(H,61,62). The topological polar surface area (TPSA) is 301 Å². The Morgan fingerprint density at radius 3 is 1.97 bits per heavy atom. The molecule has 3 heterocycles. The van der Waals surface area contributed by atoms with Crippen LogP contribution in [0.1, 0.15) is 127 Å². The van der Waals surface area contributed by atoms with Crippen molar-refractivity contribution in [2.24, 2.45) is 45.3 Å². The molecule has 0 aromatic heterocycles. The lowest BCUT2D eigenvalue weighted by Gasteiger charge is -2.62. The number of allylic oxidation sites excluding steroid dienone is 1. The monoisotopic (exact) mass is 987 g/mol. The third kappa shape index (κ3) is 9.38. The van der Waals surface area contributed by atoms with Crippen LogP contribution < -0.4 is 0 Å². The Morgan fingerprint density at radius 2 is 1.35 bits per heavy atom. The molecule has 7 aliphatic rings. The summed E-state index contributed by atoms with van der Waals surface area (Å²) in [5.41, 5.74) is -0.907. The van der Waals surface area contributed by atoms with Crippen LogP contribution in [-0.4, -0.2) is 181 Å². The van der Waals surface area contributed by atoms with Crippen LogP contribution in [0.2, 0.25) is 0 Å². The number of aliphatic hydroxyl groups excluding tert-OH is 9. The molecule has 69 heavy (non-hydrogen) atoms. The quantitative estimate of drug-likeness (QED) is 0.0825. The molecule has 0 aromatic rings. The number of ether oxygens (including phenoxy) is 7. The number of hydrogen-bond donors (Lipinski definition) is 10. The van der Waals surface area contributed by atoms with Gasteiger partial charge in [0.15, 0.2) is 18.9 Å². The van der Waals surface area contributed by atoms with Crippen molar-refractivity contribution >= 4 is 11.9 Å². The SMILES string of the molecule is CC(=O)OC(C)(CCC(C)C1CCC2(C(=O)O)C3=C(CCC12C)C1(C)CCC(OC2OC(CO)C(O)C(OC4OCC(O)C(O)C4O)C2OC2OC(CO)C(O)C(O)C2O)C(C)(C)C1CC3)C(C)C. The van der Waals surface area contributed by atoms with Gasteiger partial charge in [-0.15, -0.1) is 0 Å². The molecule has 10 N–H and O–H groups in total. The number of carboxylic acid groups (broad SMARTS) is 1. The predicted molar refractivity (Wildman–Crippen MR) is 242 cm³/mol. The molecular formula is C50H82O19. The maximum Gasteiger partial charge on any atom is 0.314 e. The summed E-state index contributed by atoms with van der Waals surface area (Å²) < 4.78 is 42.7. The summed E-state index contributed by atoms with van der Waals surface area (Å²) in [5, 5.41) is 107. The predicted octanol–water partition coefficient (Wildman–Crippen LogP) is 1.67. The van der Waals surface area contributed by atoms with Gasteiger partial charge in [0, 0.05) is 6.92 Å². The van der Waals surface area contributed by atoms with E-state index in [2.05, 4.69) is 48.5 Å². The van der Waals surface area contributed by atoms with E-state index in [-0.39, 0.29) is 29.6 Å². The lowest BCUT2D eigenvalue weighted by atomic mass is 9.43. The number of hydrogen-bond acceptors (Lipinski definition) is 18. The van der Waals surface area contributed by atoms with Crippen LogP contribution in [0.15, 0.2) is 11.1 Å². The highest BCUT2D eigenvalue weighted by Crippen LogP contribution is 2.73. The number of carbonyl (C=O) groups excluding carboxylic acids is 1. The minimum atomic E-state index is -1.89. The van der Waals surface area contributed by atoms with Gasteiger partial charge in [0.05, 0.1) is 31.3 Å². The van der Waals surface area contributed by atoms with Crippen molar-refractivity contribution in [1.29, 1.82) is 0 Å². The molecule has 0 amide bonds. The van der Waals surface area contributed by atoms with E-state index in [1.54, 1.807) is 0 Å². The molecule has 19 heteroatoms. The smallest absolute Gasteiger partial charge is 0.314 e. The van der Waals surface area contributed by atoms with Gasteiger partial charge in [-0.2, -0.15) is 0 Å². The van der Waals surface area contributed by atoms with Crippen molar-refractivity contribution in [3.63, 3.8) is 0 Å². The van der Waals surface area contributed by atoms with Crippen molar-refractivity contribution in [1.82, 2.24) is 0 Å². The van der Waals surface area contributed by atoms with E-state index in [4.69, 9.17) is 33.2 Å². The lowest BCUT2D eigenvalue weighted by Crippen LogP contribution is -2.67. The Balaban J connectivity index is 1.17. The summed E-state index contributed by atoms with van der Waals surface area (Å²) in [5.74, 6) is -0.648. The second-order valence-corrected chi connectivity index (χ2v) is 23.2. The van der Waals surface area contributed by atoms with Crippen LogP contribution in [0.5, 0.6) is 0 Å². The molecule has 0 bridgehead atoms. The molecule has 0 aromatic carbocycles. The summed E-state index contributed by atoms with van der Waals surface area (Å²) in [6.45, 7) is 16.5. The van der Waals surface area contributed by atoms with Gasteiger partial charge in [-0.25, -0.2) is 0 Å². The van der Waals surface area contributed by atoms with Crippen LogP contribution >= 0.6 is 0 Å². The third-order valence-corrected chi connectivity index (χ3v) is 18.9. The molecule has 0 radical (unpaired) electrons. The first-order valence-electron chi connectivity index (χ1n) is 25.3. The fourth-order valence-corrected chi connectivity index (χ4v) is 14.5. The Kier molecular flexibility index (Phi) is 16.2. The molecular weight excluding hydrogens is 905 g/mol. The van der Waals surface area contributed by atoms with Crippen molar-refractivity contribution in [2.45, 2.75) is 224 Å². The van der Waals surface area contributed by atoms with E-state index in [1.165, 1.54) is 12.5 Å².